The van der Waals surface area contributed by atoms with Crippen LogP contribution in [0.15, 0.2) is 72.5 Å². The van der Waals surface area contributed by atoms with E-state index in [0.29, 0.717) is 0 Å². The molecule has 0 unspecified atom stereocenters. The van der Waals surface area contributed by atoms with E-state index in [9.17, 15) is 9.59 Å². The van der Waals surface area contributed by atoms with Crippen LogP contribution in [0, 0.1) is 11.8 Å². The highest BCUT2D eigenvalue weighted by molar-refractivity contribution is 6.07. The molecule has 5 rings (SSSR count). The van der Waals surface area contributed by atoms with Gasteiger partial charge >= 0.3 is 0 Å². The van der Waals surface area contributed by atoms with E-state index in [0.717, 1.165) is 30.5 Å². The Balaban J connectivity index is 1.50. The van der Waals surface area contributed by atoms with Crippen molar-refractivity contribution < 1.29 is 19.2 Å². The number of hydrogen-bond acceptors (Lipinski definition) is 5. The van der Waals surface area contributed by atoms with Crippen LogP contribution in [-0.2, 0) is 25.7 Å². The number of benzene rings is 2. The highest BCUT2D eigenvalue weighted by Crippen LogP contribution is 2.44. The maximum absolute atomic E-state index is 13.7. The lowest BCUT2D eigenvalue weighted by atomic mass is 9.80. The van der Waals surface area contributed by atoms with Gasteiger partial charge in [-0.1, -0.05) is 62.4 Å². The van der Waals surface area contributed by atoms with Gasteiger partial charge in [0.25, 0.3) is 5.91 Å². The molecule has 3 aliphatic rings. The minimum absolute atomic E-state index is 0.180. The third-order valence-corrected chi connectivity index (χ3v) is 7.14. The van der Waals surface area contributed by atoms with Gasteiger partial charge in [0, 0.05) is 5.92 Å². The van der Waals surface area contributed by atoms with Crippen LogP contribution in [0.2, 0.25) is 0 Å². The predicted octanol–water partition coefficient (Wildman–Crippen LogP) is 4.47. The van der Waals surface area contributed by atoms with E-state index in [-0.39, 0.29) is 36.4 Å². The maximum atomic E-state index is 13.7. The van der Waals surface area contributed by atoms with Crippen LogP contribution in [-0.4, -0.2) is 35.0 Å². The zero-order chi connectivity index (χ0) is 22.9. The molecule has 33 heavy (non-hydrogen) atoms. The first-order chi connectivity index (χ1) is 16.1. The van der Waals surface area contributed by atoms with E-state index in [1.54, 1.807) is 5.06 Å². The fraction of sp³-hybridized carbons (Fsp3) is 0.407. The molecular weight excluding hydrogens is 416 g/mol. The molecule has 0 N–H and O–H groups in total. The van der Waals surface area contributed by atoms with Gasteiger partial charge in [-0.15, -0.1) is 0 Å². The van der Waals surface area contributed by atoms with Gasteiger partial charge in [-0.25, -0.2) is 5.06 Å². The molecule has 0 radical (unpaired) electrons. The smallest absolute Gasteiger partial charge is 0.262 e. The van der Waals surface area contributed by atoms with Crippen molar-refractivity contribution in [3.05, 3.63) is 78.1 Å². The van der Waals surface area contributed by atoms with Crippen molar-refractivity contribution >= 4 is 17.5 Å². The van der Waals surface area contributed by atoms with Crippen molar-refractivity contribution in [2.45, 2.75) is 57.9 Å². The number of likely N-dealkylation sites (tertiary alicyclic amines) is 1. The molecule has 2 fully saturated rings. The third-order valence-electron chi connectivity index (χ3n) is 7.14. The summed E-state index contributed by atoms with van der Waals surface area (Å²) in [5.41, 5.74) is 3.03. The number of amides is 2. The number of carbonyl (C=O) groups excluding carboxylic acids is 2. The molecule has 2 amide bonds. The molecule has 0 aromatic heterocycles. The zero-order valence-corrected chi connectivity index (χ0v) is 19.1. The molecule has 6 nitrogen and oxygen atoms in total. The van der Waals surface area contributed by atoms with E-state index in [1.807, 2.05) is 66.9 Å². The lowest BCUT2D eigenvalue weighted by Crippen LogP contribution is -2.50. The molecule has 0 spiro atoms. The van der Waals surface area contributed by atoms with Crippen molar-refractivity contribution in [3.8, 4) is 0 Å². The van der Waals surface area contributed by atoms with Gasteiger partial charge in [0.05, 0.1) is 18.5 Å². The predicted molar refractivity (Wildman–Crippen MR) is 125 cm³/mol. The molecule has 0 aliphatic carbocycles. The Labute approximate surface area is 194 Å². The van der Waals surface area contributed by atoms with Crippen LogP contribution in [0.1, 0.15) is 38.7 Å². The zero-order valence-electron chi connectivity index (χ0n) is 19.1. The second-order valence-electron chi connectivity index (χ2n) is 9.05. The Hall–Kier alpha value is -3.12. The number of hydroxylamine groups is 1. The van der Waals surface area contributed by atoms with Gasteiger partial charge in [-0.3, -0.25) is 19.3 Å². The average molecular weight is 447 g/mol. The first-order valence-corrected chi connectivity index (χ1v) is 11.9. The van der Waals surface area contributed by atoms with Crippen LogP contribution in [0.5, 0.6) is 0 Å². The average Bonchev–Trinajstić information content (AvgIpc) is 3.36. The summed E-state index contributed by atoms with van der Waals surface area (Å²) >= 11 is 0. The SMILES string of the molecule is CCC1=CO[C@H]([C@H]2[C@H]3C(=O)N(Cc4ccccc4)C(=O)[C@@H]3ON2c2ccccc2)[C@@H](CC)C1. The van der Waals surface area contributed by atoms with Crippen LogP contribution in [0.25, 0.3) is 0 Å². The van der Waals surface area contributed by atoms with E-state index >= 15 is 0 Å². The molecule has 3 aliphatic heterocycles. The van der Waals surface area contributed by atoms with Crippen LogP contribution >= 0.6 is 0 Å². The molecule has 2 aromatic rings. The molecule has 2 saturated heterocycles. The minimum Gasteiger partial charge on any atom is -0.495 e. The summed E-state index contributed by atoms with van der Waals surface area (Å²) in [6.45, 7) is 4.55. The Morgan fingerprint density at radius 1 is 0.939 bits per heavy atom. The number of imide groups is 1. The Morgan fingerprint density at radius 2 is 1.64 bits per heavy atom. The molecule has 6 heteroatoms. The molecule has 3 heterocycles. The third kappa shape index (κ3) is 3.82. The first kappa shape index (κ1) is 21.7. The number of rotatable bonds is 6. The lowest BCUT2D eigenvalue weighted by Gasteiger charge is -2.39. The van der Waals surface area contributed by atoms with E-state index < -0.39 is 12.0 Å². The van der Waals surface area contributed by atoms with Gasteiger partial charge in [0.15, 0.2) is 6.10 Å². The van der Waals surface area contributed by atoms with Gasteiger partial charge in [0.1, 0.15) is 18.1 Å². The number of allylic oxidation sites excluding steroid dienone is 1. The fourth-order valence-electron chi connectivity index (χ4n) is 5.32. The molecule has 5 atom stereocenters. The summed E-state index contributed by atoms with van der Waals surface area (Å²) in [5.74, 6) is -0.807. The van der Waals surface area contributed by atoms with Gasteiger partial charge < -0.3 is 4.74 Å². The first-order valence-electron chi connectivity index (χ1n) is 11.9. The molecule has 0 bridgehead atoms. The largest absolute Gasteiger partial charge is 0.495 e. The van der Waals surface area contributed by atoms with Crippen LogP contribution in [0.3, 0.4) is 0 Å². The van der Waals surface area contributed by atoms with Gasteiger partial charge in [-0.2, -0.15) is 0 Å². The molecule has 172 valence electrons. The number of hydrogen-bond donors (Lipinski definition) is 0. The van der Waals surface area contributed by atoms with Crippen molar-refractivity contribution in [1.29, 1.82) is 0 Å². The molecule has 0 saturated carbocycles. The summed E-state index contributed by atoms with van der Waals surface area (Å²) in [7, 11) is 0. The van der Waals surface area contributed by atoms with E-state index in [4.69, 9.17) is 9.57 Å². The van der Waals surface area contributed by atoms with Crippen molar-refractivity contribution in [2.24, 2.45) is 11.8 Å². The van der Waals surface area contributed by atoms with Gasteiger partial charge in [0.2, 0.25) is 5.91 Å². The minimum atomic E-state index is -0.830. The van der Waals surface area contributed by atoms with Gasteiger partial charge in [-0.05, 0) is 42.5 Å². The Kier molecular flexibility index (Phi) is 5.94. The number of nitrogens with zero attached hydrogens (tertiary/aromatic N) is 2. The summed E-state index contributed by atoms with van der Waals surface area (Å²) in [6, 6.07) is 18.9. The topological polar surface area (TPSA) is 59.1 Å². The maximum Gasteiger partial charge on any atom is 0.262 e. The quantitative estimate of drug-likeness (QED) is 0.613. The van der Waals surface area contributed by atoms with E-state index in [2.05, 4.69) is 13.8 Å². The van der Waals surface area contributed by atoms with Crippen molar-refractivity contribution in [3.63, 3.8) is 0 Å². The summed E-state index contributed by atoms with van der Waals surface area (Å²) < 4.78 is 6.30. The fourth-order valence-corrected chi connectivity index (χ4v) is 5.32. The second-order valence-corrected chi connectivity index (χ2v) is 9.05. The standard InChI is InChI=1S/C27H30N2O4/c1-3-18-15-20(4-2)24(32-17-18)23-22-25(33-29(23)21-13-9-6-10-14-21)27(31)28(26(22)30)16-19-11-7-5-8-12-19/h5-14,17,20,22-25H,3-4,15-16H2,1-2H3/t20-,22+,23+,24-,25+/m0/s1. The Morgan fingerprint density at radius 3 is 2.30 bits per heavy atom. The molecular formula is C27H30N2O4. The number of para-hydroxylation sites is 1. The normalized spacial score (nSPS) is 29.2. The lowest BCUT2D eigenvalue weighted by molar-refractivity contribution is -0.144. The number of fused-ring (bicyclic) bond motifs is 1. The van der Waals surface area contributed by atoms with Crippen LogP contribution in [0.4, 0.5) is 5.69 Å². The van der Waals surface area contributed by atoms with Crippen molar-refractivity contribution in [1.82, 2.24) is 4.90 Å². The van der Waals surface area contributed by atoms with Crippen molar-refractivity contribution in [2.75, 3.05) is 5.06 Å². The number of ether oxygens (including phenoxy) is 1. The summed E-state index contributed by atoms with van der Waals surface area (Å²) in [5, 5.41) is 1.77. The number of anilines is 1. The summed E-state index contributed by atoms with van der Waals surface area (Å²) in [6.07, 6.45) is 3.59. The van der Waals surface area contributed by atoms with Crippen LogP contribution < -0.4 is 5.06 Å². The highest BCUT2D eigenvalue weighted by atomic mass is 16.7. The highest BCUT2D eigenvalue weighted by Gasteiger charge is 2.62. The monoisotopic (exact) mass is 446 g/mol. The summed E-state index contributed by atoms with van der Waals surface area (Å²) in [4.78, 5) is 34.6. The second kappa shape index (κ2) is 9.02. The Bertz CT molecular complexity index is 1040. The van der Waals surface area contributed by atoms with E-state index in [1.165, 1.54) is 10.5 Å². The molecule has 2 aromatic carbocycles. The number of carbonyl (C=O) groups is 2.